The summed E-state index contributed by atoms with van der Waals surface area (Å²) in [5, 5.41) is 20.1. The van der Waals surface area contributed by atoms with Crippen LogP contribution in [0.5, 0.6) is 17.2 Å². The molecule has 0 saturated heterocycles. The maximum absolute atomic E-state index is 12.4. The van der Waals surface area contributed by atoms with Gasteiger partial charge < -0.3 is 19.4 Å². The van der Waals surface area contributed by atoms with Gasteiger partial charge in [-0.25, -0.2) is 0 Å². The first-order chi connectivity index (χ1) is 9.52. The lowest BCUT2D eigenvalue weighted by molar-refractivity contribution is 0.408. The molecular formula is C15H12O5. The van der Waals surface area contributed by atoms with E-state index in [2.05, 4.69) is 0 Å². The summed E-state index contributed by atoms with van der Waals surface area (Å²) in [7, 11) is 1.46. The van der Waals surface area contributed by atoms with E-state index in [1.54, 1.807) is 6.92 Å². The van der Waals surface area contributed by atoms with Gasteiger partial charge in [0, 0.05) is 17.7 Å². The second-order valence-corrected chi connectivity index (χ2v) is 4.54. The number of rotatable bonds is 1. The van der Waals surface area contributed by atoms with Gasteiger partial charge in [-0.15, -0.1) is 0 Å². The van der Waals surface area contributed by atoms with Crippen molar-refractivity contribution in [3.63, 3.8) is 0 Å². The van der Waals surface area contributed by atoms with Gasteiger partial charge in [-0.05, 0) is 19.1 Å². The zero-order valence-electron chi connectivity index (χ0n) is 10.9. The molecule has 0 fully saturated rings. The van der Waals surface area contributed by atoms with Crippen LogP contribution in [-0.4, -0.2) is 17.3 Å². The highest BCUT2D eigenvalue weighted by molar-refractivity contribution is 5.95. The molecule has 20 heavy (non-hydrogen) atoms. The third-order valence-corrected chi connectivity index (χ3v) is 3.35. The molecule has 0 bridgehead atoms. The second-order valence-electron chi connectivity index (χ2n) is 4.54. The summed E-state index contributed by atoms with van der Waals surface area (Å²) in [5.41, 5.74) is 0.650. The third-order valence-electron chi connectivity index (χ3n) is 3.35. The molecule has 0 amide bonds. The van der Waals surface area contributed by atoms with Crippen molar-refractivity contribution >= 4 is 21.9 Å². The number of ether oxygens (including phenoxy) is 1. The van der Waals surface area contributed by atoms with E-state index in [9.17, 15) is 15.0 Å². The van der Waals surface area contributed by atoms with Crippen LogP contribution in [0.15, 0.2) is 33.5 Å². The average molecular weight is 272 g/mol. The molecule has 0 atom stereocenters. The van der Waals surface area contributed by atoms with E-state index in [1.165, 1.54) is 31.4 Å². The lowest BCUT2D eigenvalue weighted by atomic mass is 10.1. The summed E-state index contributed by atoms with van der Waals surface area (Å²) in [4.78, 5) is 12.4. The molecule has 3 rings (SSSR count). The molecule has 0 aliphatic heterocycles. The third kappa shape index (κ3) is 1.60. The minimum atomic E-state index is -0.343. The van der Waals surface area contributed by atoms with Crippen molar-refractivity contribution in [3.8, 4) is 17.2 Å². The minimum Gasteiger partial charge on any atom is -0.508 e. The van der Waals surface area contributed by atoms with E-state index in [-0.39, 0.29) is 27.9 Å². The van der Waals surface area contributed by atoms with Crippen LogP contribution in [0.1, 0.15) is 5.56 Å². The maximum atomic E-state index is 12.4. The van der Waals surface area contributed by atoms with Crippen LogP contribution in [0.4, 0.5) is 0 Å². The highest BCUT2D eigenvalue weighted by Gasteiger charge is 2.15. The van der Waals surface area contributed by atoms with Gasteiger partial charge in [0.15, 0.2) is 0 Å². The Bertz CT molecular complexity index is 892. The van der Waals surface area contributed by atoms with Crippen LogP contribution in [0.3, 0.4) is 0 Å². The molecule has 2 N–H and O–H groups in total. The smallest absolute Gasteiger partial charge is 0.204 e. The molecule has 3 aromatic rings. The molecule has 1 aromatic heterocycles. The Morgan fingerprint density at radius 1 is 1.15 bits per heavy atom. The van der Waals surface area contributed by atoms with Crippen molar-refractivity contribution in [2.45, 2.75) is 6.92 Å². The molecule has 0 spiro atoms. The quantitative estimate of drug-likeness (QED) is 0.666. The molecule has 1 heterocycles. The number of benzene rings is 2. The van der Waals surface area contributed by atoms with Crippen LogP contribution in [0.25, 0.3) is 21.9 Å². The Labute approximate surface area is 113 Å². The van der Waals surface area contributed by atoms with Crippen LogP contribution in [0, 0.1) is 6.92 Å². The highest BCUT2D eigenvalue weighted by Crippen LogP contribution is 2.32. The largest absolute Gasteiger partial charge is 0.508 e. The Morgan fingerprint density at radius 3 is 2.60 bits per heavy atom. The molecular weight excluding hydrogens is 260 g/mol. The highest BCUT2D eigenvalue weighted by atomic mass is 16.5. The molecule has 5 heteroatoms. The number of hydrogen-bond acceptors (Lipinski definition) is 5. The molecule has 0 aliphatic carbocycles. The van der Waals surface area contributed by atoms with E-state index >= 15 is 0 Å². The van der Waals surface area contributed by atoms with Crippen LogP contribution in [-0.2, 0) is 0 Å². The van der Waals surface area contributed by atoms with E-state index in [1.807, 2.05) is 0 Å². The van der Waals surface area contributed by atoms with E-state index in [4.69, 9.17) is 9.15 Å². The topological polar surface area (TPSA) is 79.9 Å². The number of fused-ring (bicyclic) bond motifs is 2. The van der Waals surface area contributed by atoms with E-state index < -0.39 is 0 Å². The summed E-state index contributed by atoms with van der Waals surface area (Å²) in [5.74, 6) is 0.239. The fourth-order valence-corrected chi connectivity index (χ4v) is 2.24. The lowest BCUT2D eigenvalue weighted by Gasteiger charge is -2.08. The first kappa shape index (κ1) is 12.3. The summed E-state index contributed by atoms with van der Waals surface area (Å²) < 4.78 is 10.7. The number of aryl methyl sites for hydroxylation is 1. The van der Waals surface area contributed by atoms with Gasteiger partial charge in [-0.2, -0.15) is 0 Å². The van der Waals surface area contributed by atoms with Crippen molar-refractivity contribution in [1.82, 2.24) is 0 Å². The maximum Gasteiger partial charge on any atom is 0.204 e. The summed E-state index contributed by atoms with van der Waals surface area (Å²) in [6.07, 6.45) is 0. The van der Waals surface area contributed by atoms with Crippen LogP contribution < -0.4 is 10.2 Å². The zero-order valence-corrected chi connectivity index (χ0v) is 10.9. The van der Waals surface area contributed by atoms with Gasteiger partial charge in [0.2, 0.25) is 5.43 Å². The molecule has 5 nitrogen and oxygen atoms in total. The van der Waals surface area contributed by atoms with Gasteiger partial charge in [-0.3, -0.25) is 4.79 Å². The van der Waals surface area contributed by atoms with Crippen molar-refractivity contribution in [1.29, 1.82) is 0 Å². The first-order valence-electron chi connectivity index (χ1n) is 5.99. The van der Waals surface area contributed by atoms with Crippen molar-refractivity contribution in [2.24, 2.45) is 0 Å². The Balaban J connectivity index is 2.57. The number of phenolic OH excluding ortho intramolecular Hbond substituents is 2. The molecule has 2 aromatic carbocycles. The van der Waals surface area contributed by atoms with Crippen molar-refractivity contribution in [3.05, 3.63) is 40.1 Å². The van der Waals surface area contributed by atoms with Gasteiger partial charge in [-0.1, -0.05) is 0 Å². The zero-order chi connectivity index (χ0) is 14.4. The summed E-state index contributed by atoms with van der Waals surface area (Å²) >= 11 is 0. The van der Waals surface area contributed by atoms with Gasteiger partial charge in [0.1, 0.15) is 33.8 Å². The van der Waals surface area contributed by atoms with Crippen LogP contribution in [0.2, 0.25) is 0 Å². The number of hydrogen-bond donors (Lipinski definition) is 2. The van der Waals surface area contributed by atoms with E-state index in [0.29, 0.717) is 22.3 Å². The predicted octanol–water partition coefficient (Wildman–Crippen LogP) is 2.67. The lowest BCUT2D eigenvalue weighted by Crippen LogP contribution is -2.03. The first-order valence-corrected chi connectivity index (χ1v) is 5.99. The summed E-state index contributed by atoms with van der Waals surface area (Å²) in [6, 6.07) is 5.80. The fourth-order valence-electron chi connectivity index (χ4n) is 2.24. The minimum absolute atomic E-state index is 0.0483. The molecule has 0 unspecified atom stereocenters. The molecule has 0 radical (unpaired) electrons. The standard InChI is InChI=1S/C15H12O5/c1-7-10(16)4-3-9-14(18)13-11(17)5-8(19-2)6-12(13)20-15(7)9/h3-6,16-17H,1-2H3. The van der Waals surface area contributed by atoms with E-state index in [0.717, 1.165) is 0 Å². The van der Waals surface area contributed by atoms with Crippen molar-refractivity contribution < 1.29 is 19.4 Å². The van der Waals surface area contributed by atoms with Gasteiger partial charge in [0.25, 0.3) is 0 Å². The number of methoxy groups -OCH3 is 1. The fraction of sp³-hybridized carbons (Fsp3) is 0.133. The van der Waals surface area contributed by atoms with Crippen molar-refractivity contribution in [2.75, 3.05) is 7.11 Å². The number of phenols is 2. The van der Waals surface area contributed by atoms with Crippen LogP contribution >= 0.6 is 0 Å². The number of aromatic hydroxyl groups is 2. The van der Waals surface area contributed by atoms with Gasteiger partial charge in [0.05, 0.1) is 12.5 Å². The normalized spacial score (nSPS) is 11.1. The monoisotopic (exact) mass is 272 g/mol. The van der Waals surface area contributed by atoms with Gasteiger partial charge >= 0.3 is 0 Å². The second kappa shape index (κ2) is 4.16. The Hall–Kier alpha value is -2.69. The Morgan fingerprint density at radius 2 is 1.90 bits per heavy atom. The summed E-state index contributed by atoms with van der Waals surface area (Å²) in [6.45, 7) is 1.66. The average Bonchev–Trinajstić information content (AvgIpc) is 2.43. The Kier molecular flexibility index (Phi) is 2.57. The predicted molar refractivity (Wildman–Crippen MR) is 74.6 cm³/mol. The molecule has 0 saturated carbocycles. The molecule has 102 valence electrons. The molecule has 0 aliphatic rings. The SMILES string of the molecule is COc1cc(O)c2c(=O)c3ccc(O)c(C)c3oc2c1.